The summed E-state index contributed by atoms with van der Waals surface area (Å²) in [5.41, 5.74) is -1.09. The maximum atomic E-state index is 11.9. The van der Waals surface area contributed by atoms with E-state index < -0.39 is 11.4 Å². The molecule has 0 heterocycles. The van der Waals surface area contributed by atoms with Crippen molar-refractivity contribution >= 4 is 11.9 Å². The van der Waals surface area contributed by atoms with Gasteiger partial charge >= 0.3 is 5.97 Å². The van der Waals surface area contributed by atoms with Gasteiger partial charge in [-0.3, -0.25) is 9.59 Å². The molecule has 0 saturated heterocycles. The molecule has 4 nitrogen and oxygen atoms in total. The molecule has 16 heavy (non-hydrogen) atoms. The Morgan fingerprint density at radius 3 is 2.25 bits per heavy atom. The highest BCUT2D eigenvalue weighted by Gasteiger charge is 2.38. The van der Waals surface area contributed by atoms with Gasteiger partial charge in [0.15, 0.2) is 0 Å². The van der Waals surface area contributed by atoms with E-state index in [0.717, 1.165) is 25.7 Å². The Kier molecular flexibility index (Phi) is 4.33. The Morgan fingerprint density at radius 2 is 1.75 bits per heavy atom. The molecule has 0 aromatic heterocycles. The van der Waals surface area contributed by atoms with E-state index in [0.29, 0.717) is 0 Å². The summed E-state index contributed by atoms with van der Waals surface area (Å²) in [5.74, 6) is -0.716. The fraction of sp³-hybridized carbons (Fsp3) is 0.833. The van der Waals surface area contributed by atoms with Crippen molar-refractivity contribution in [1.82, 2.24) is 5.32 Å². The van der Waals surface area contributed by atoms with Crippen molar-refractivity contribution < 1.29 is 14.3 Å². The van der Waals surface area contributed by atoms with Crippen molar-refractivity contribution in [3.05, 3.63) is 0 Å². The SMILES string of the molecule is COC(=O)C(C)(C)C(=O)NC1CCCCC1. The lowest BCUT2D eigenvalue weighted by atomic mass is 9.90. The number of rotatable bonds is 3. The number of hydrogen-bond donors (Lipinski definition) is 1. The smallest absolute Gasteiger partial charge is 0.320 e. The molecule has 0 bridgehead atoms. The summed E-state index contributed by atoms with van der Waals surface area (Å²) in [6.45, 7) is 3.19. The van der Waals surface area contributed by atoms with E-state index in [9.17, 15) is 9.59 Å². The number of ether oxygens (including phenoxy) is 1. The van der Waals surface area contributed by atoms with E-state index in [-0.39, 0.29) is 11.9 Å². The number of hydrogen-bond acceptors (Lipinski definition) is 3. The van der Waals surface area contributed by atoms with Crippen LogP contribution in [0.4, 0.5) is 0 Å². The zero-order valence-corrected chi connectivity index (χ0v) is 10.3. The fourth-order valence-corrected chi connectivity index (χ4v) is 1.96. The minimum Gasteiger partial charge on any atom is -0.468 e. The molecule has 0 atom stereocenters. The standard InChI is InChI=1S/C12H21NO3/c1-12(2,11(15)16-3)10(14)13-9-7-5-4-6-8-9/h9H,4-8H2,1-3H3,(H,13,14). The molecule has 1 fully saturated rings. The lowest BCUT2D eigenvalue weighted by Gasteiger charge is -2.27. The monoisotopic (exact) mass is 227 g/mol. The van der Waals surface area contributed by atoms with Gasteiger partial charge < -0.3 is 10.1 Å². The molecule has 1 N–H and O–H groups in total. The van der Waals surface area contributed by atoms with Crippen molar-refractivity contribution in [2.75, 3.05) is 7.11 Å². The molecule has 92 valence electrons. The highest BCUT2D eigenvalue weighted by molar-refractivity contribution is 6.01. The molecule has 0 aromatic carbocycles. The highest BCUT2D eigenvalue weighted by atomic mass is 16.5. The molecule has 0 radical (unpaired) electrons. The number of amides is 1. The van der Waals surface area contributed by atoms with Crippen LogP contribution in [0.2, 0.25) is 0 Å². The van der Waals surface area contributed by atoms with E-state index >= 15 is 0 Å². The summed E-state index contributed by atoms with van der Waals surface area (Å²) < 4.78 is 4.63. The summed E-state index contributed by atoms with van der Waals surface area (Å²) >= 11 is 0. The molecule has 4 heteroatoms. The topological polar surface area (TPSA) is 55.4 Å². The van der Waals surface area contributed by atoms with Crippen LogP contribution < -0.4 is 5.32 Å². The Labute approximate surface area is 96.7 Å². The maximum Gasteiger partial charge on any atom is 0.320 e. The summed E-state index contributed by atoms with van der Waals surface area (Å²) in [6, 6.07) is 0.227. The van der Waals surface area contributed by atoms with Gasteiger partial charge in [-0.1, -0.05) is 19.3 Å². The van der Waals surface area contributed by atoms with Crippen molar-refractivity contribution in [2.24, 2.45) is 5.41 Å². The van der Waals surface area contributed by atoms with Crippen molar-refractivity contribution in [3.63, 3.8) is 0 Å². The number of nitrogens with one attached hydrogen (secondary N) is 1. The van der Waals surface area contributed by atoms with E-state index in [4.69, 9.17) is 0 Å². The van der Waals surface area contributed by atoms with Gasteiger partial charge in [0.2, 0.25) is 5.91 Å². The molecule has 0 aromatic rings. The summed E-state index contributed by atoms with van der Waals surface area (Å²) in [7, 11) is 1.30. The Bertz CT molecular complexity index is 267. The lowest BCUT2D eigenvalue weighted by molar-refractivity contribution is -0.156. The average Bonchev–Trinajstić information content (AvgIpc) is 2.29. The van der Waals surface area contributed by atoms with E-state index in [1.54, 1.807) is 13.8 Å². The van der Waals surface area contributed by atoms with Crippen LogP contribution in [0.3, 0.4) is 0 Å². The van der Waals surface area contributed by atoms with E-state index in [2.05, 4.69) is 10.1 Å². The van der Waals surface area contributed by atoms with Crippen molar-refractivity contribution in [3.8, 4) is 0 Å². The van der Waals surface area contributed by atoms with Crippen molar-refractivity contribution in [1.29, 1.82) is 0 Å². The second kappa shape index (κ2) is 5.32. The molecule has 1 saturated carbocycles. The van der Waals surface area contributed by atoms with Gasteiger partial charge in [-0.05, 0) is 26.7 Å². The second-order valence-electron chi connectivity index (χ2n) is 4.92. The number of carbonyl (C=O) groups excluding carboxylic acids is 2. The summed E-state index contributed by atoms with van der Waals surface area (Å²) in [4.78, 5) is 23.4. The van der Waals surface area contributed by atoms with Crippen molar-refractivity contribution in [2.45, 2.75) is 52.0 Å². The van der Waals surface area contributed by atoms with Crippen LogP contribution in [-0.4, -0.2) is 25.0 Å². The second-order valence-corrected chi connectivity index (χ2v) is 4.92. The number of esters is 1. The minimum atomic E-state index is -1.09. The van der Waals surface area contributed by atoms with Gasteiger partial charge in [-0.25, -0.2) is 0 Å². The molecule has 1 amide bonds. The quantitative estimate of drug-likeness (QED) is 0.589. The van der Waals surface area contributed by atoms with Gasteiger partial charge in [0, 0.05) is 6.04 Å². The zero-order chi connectivity index (χ0) is 12.2. The third kappa shape index (κ3) is 2.97. The van der Waals surface area contributed by atoms with Crippen LogP contribution in [0.25, 0.3) is 0 Å². The molecule has 0 unspecified atom stereocenters. The first-order chi connectivity index (χ1) is 7.48. The van der Waals surface area contributed by atoms with E-state index in [1.807, 2.05) is 0 Å². The summed E-state index contributed by atoms with van der Waals surface area (Å²) in [6.07, 6.45) is 5.59. The molecule has 1 aliphatic carbocycles. The third-order valence-electron chi connectivity index (χ3n) is 3.20. The van der Waals surface area contributed by atoms with Crippen LogP contribution >= 0.6 is 0 Å². The zero-order valence-electron chi connectivity index (χ0n) is 10.3. The van der Waals surface area contributed by atoms with E-state index in [1.165, 1.54) is 13.5 Å². The summed E-state index contributed by atoms with van der Waals surface area (Å²) in [5, 5.41) is 2.93. The maximum absolute atomic E-state index is 11.9. The predicted molar refractivity (Wildman–Crippen MR) is 60.8 cm³/mol. The molecule has 1 aliphatic rings. The highest BCUT2D eigenvalue weighted by Crippen LogP contribution is 2.21. The Morgan fingerprint density at radius 1 is 1.19 bits per heavy atom. The van der Waals surface area contributed by atoms with Crippen LogP contribution in [0.5, 0.6) is 0 Å². The molecular formula is C12H21NO3. The van der Waals surface area contributed by atoms with Gasteiger partial charge in [0.05, 0.1) is 7.11 Å². The lowest BCUT2D eigenvalue weighted by Crippen LogP contribution is -2.47. The number of carbonyl (C=O) groups is 2. The van der Waals surface area contributed by atoms with Gasteiger partial charge in [0.25, 0.3) is 0 Å². The average molecular weight is 227 g/mol. The van der Waals surface area contributed by atoms with Gasteiger partial charge in [-0.15, -0.1) is 0 Å². The molecular weight excluding hydrogens is 206 g/mol. The first-order valence-corrected chi connectivity index (χ1v) is 5.88. The fourth-order valence-electron chi connectivity index (χ4n) is 1.96. The normalized spacial score (nSPS) is 17.9. The number of methoxy groups -OCH3 is 1. The molecule has 0 spiro atoms. The third-order valence-corrected chi connectivity index (χ3v) is 3.20. The van der Waals surface area contributed by atoms with Crippen LogP contribution in [0.1, 0.15) is 46.0 Å². The predicted octanol–water partition coefficient (Wildman–Crippen LogP) is 1.63. The largest absolute Gasteiger partial charge is 0.468 e. The van der Waals surface area contributed by atoms with Crippen LogP contribution in [-0.2, 0) is 14.3 Å². The van der Waals surface area contributed by atoms with Gasteiger partial charge in [0.1, 0.15) is 5.41 Å². The molecule has 0 aliphatic heterocycles. The van der Waals surface area contributed by atoms with Crippen LogP contribution in [0.15, 0.2) is 0 Å². The Balaban J connectivity index is 2.53. The van der Waals surface area contributed by atoms with Crippen LogP contribution in [0, 0.1) is 5.41 Å². The Hall–Kier alpha value is -1.06. The van der Waals surface area contributed by atoms with Gasteiger partial charge in [-0.2, -0.15) is 0 Å². The first-order valence-electron chi connectivity index (χ1n) is 5.88. The first kappa shape index (κ1) is 13.0. The minimum absolute atomic E-state index is 0.227. The molecule has 1 rings (SSSR count).